The number of furan rings is 1. The zero-order valence-electron chi connectivity index (χ0n) is 20.8. The number of aryl methyl sites for hydroxylation is 2. The van der Waals surface area contributed by atoms with Crippen LogP contribution in [0.25, 0.3) is 10.9 Å². The third-order valence-electron chi connectivity index (χ3n) is 7.34. The summed E-state index contributed by atoms with van der Waals surface area (Å²) in [5, 5.41) is 14.0. The first-order valence-electron chi connectivity index (χ1n) is 12.7. The maximum atomic E-state index is 13.2. The van der Waals surface area contributed by atoms with E-state index in [1.165, 1.54) is 24.0 Å². The summed E-state index contributed by atoms with van der Waals surface area (Å²) < 4.78 is 7.76. The van der Waals surface area contributed by atoms with Crippen molar-refractivity contribution in [3.63, 3.8) is 0 Å². The molecule has 0 amide bonds. The number of hydrogen-bond donors (Lipinski definition) is 1. The number of nitrogens with zero attached hydrogens (tertiary/aromatic N) is 5. The van der Waals surface area contributed by atoms with Crippen LogP contribution in [0.5, 0.6) is 0 Å². The Bertz CT molecular complexity index is 1330. The zero-order valence-corrected chi connectivity index (χ0v) is 20.8. The van der Waals surface area contributed by atoms with Crippen LogP contribution < -0.4 is 5.56 Å². The summed E-state index contributed by atoms with van der Waals surface area (Å²) in [6.45, 7) is 7.38. The summed E-state index contributed by atoms with van der Waals surface area (Å²) in [4.78, 5) is 18.5. The van der Waals surface area contributed by atoms with E-state index in [1.54, 1.807) is 6.26 Å². The highest BCUT2D eigenvalue weighted by Gasteiger charge is 2.30. The second kappa shape index (κ2) is 10.2. The molecule has 1 saturated carbocycles. The van der Waals surface area contributed by atoms with Crippen LogP contribution in [-0.4, -0.2) is 30.1 Å². The molecule has 0 unspecified atom stereocenters. The van der Waals surface area contributed by atoms with Crippen molar-refractivity contribution < 1.29 is 4.42 Å². The van der Waals surface area contributed by atoms with E-state index in [0.29, 0.717) is 19.1 Å². The van der Waals surface area contributed by atoms with Crippen molar-refractivity contribution >= 4 is 10.9 Å². The summed E-state index contributed by atoms with van der Waals surface area (Å²) in [5.74, 6) is 1.74. The van der Waals surface area contributed by atoms with Gasteiger partial charge in [-0.2, -0.15) is 0 Å². The molecular weight excluding hydrogens is 440 g/mol. The molecular formula is C27H34N6O2. The van der Waals surface area contributed by atoms with Crippen LogP contribution in [0.1, 0.15) is 85.8 Å². The molecule has 0 bridgehead atoms. The molecule has 1 N–H and O–H groups in total. The number of hydrogen-bond acceptors (Lipinski definition) is 6. The molecule has 184 valence electrons. The monoisotopic (exact) mass is 474 g/mol. The van der Waals surface area contributed by atoms with E-state index in [2.05, 4.69) is 52.2 Å². The lowest BCUT2D eigenvalue weighted by Gasteiger charge is -2.31. The largest absolute Gasteiger partial charge is 0.468 e. The van der Waals surface area contributed by atoms with Gasteiger partial charge in [-0.1, -0.05) is 26.2 Å². The molecule has 1 atom stereocenters. The number of aromatic amines is 1. The van der Waals surface area contributed by atoms with Gasteiger partial charge in [0.1, 0.15) is 5.76 Å². The fourth-order valence-corrected chi connectivity index (χ4v) is 5.31. The normalized spacial score (nSPS) is 15.4. The van der Waals surface area contributed by atoms with E-state index in [9.17, 15) is 4.79 Å². The van der Waals surface area contributed by atoms with Gasteiger partial charge in [-0.05, 0) is 90.4 Å². The standard InChI is InChI=1S/C27H34N6O2/c1-4-8-25(26-29-30-31-33(26)22-9-5-6-10-22)32(17-23-11-7-12-35-23)16-21-15-20-13-18(2)19(3)14-24(20)28-27(21)34/h7,11-15,22,25H,4-6,8-10,16-17H2,1-3H3,(H,28,34)/t25-/m0/s1. The van der Waals surface area contributed by atoms with Crippen molar-refractivity contribution in [2.45, 2.75) is 84.5 Å². The van der Waals surface area contributed by atoms with Gasteiger partial charge >= 0.3 is 0 Å². The van der Waals surface area contributed by atoms with Crippen LogP contribution >= 0.6 is 0 Å². The maximum absolute atomic E-state index is 13.2. The average Bonchev–Trinajstić information content (AvgIpc) is 3.61. The molecule has 0 radical (unpaired) electrons. The van der Waals surface area contributed by atoms with Gasteiger partial charge in [0, 0.05) is 17.6 Å². The van der Waals surface area contributed by atoms with E-state index >= 15 is 0 Å². The van der Waals surface area contributed by atoms with Crippen LogP contribution in [-0.2, 0) is 13.1 Å². The molecule has 8 nitrogen and oxygen atoms in total. The third kappa shape index (κ3) is 4.93. The Morgan fingerprint density at radius 3 is 2.71 bits per heavy atom. The van der Waals surface area contributed by atoms with E-state index in [4.69, 9.17) is 4.42 Å². The summed E-state index contributed by atoms with van der Waals surface area (Å²) in [5.41, 5.74) is 3.92. The molecule has 35 heavy (non-hydrogen) atoms. The molecule has 5 rings (SSSR count). The molecule has 3 heterocycles. The Hall–Kier alpha value is -3.26. The quantitative estimate of drug-likeness (QED) is 0.350. The van der Waals surface area contributed by atoms with Crippen molar-refractivity contribution in [3.8, 4) is 0 Å². The molecule has 1 aromatic carbocycles. The summed E-state index contributed by atoms with van der Waals surface area (Å²) in [6.07, 6.45) is 8.20. The minimum absolute atomic E-state index is 0.0319. The fourth-order valence-electron chi connectivity index (χ4n) is 5.31. The van der Waals surface area contributed by atoms with Gasteiger partial charge < -0.3 is 9.40 Å². The predicted molar refractivity (Wildman–Crippen MR) is 135 cm³/mol. The zero-order chi connectivity index (χ0) is 24.4. The molecule has 1 aliphatic rings. The van der Waals surface area contributed by atoms with Gasteiger partial charge in [0.2, 0.25) is 0 Å². The van der Waals surface area contributed by atoms with Crippen molar-refractivity contribution in [1.82, 2.24) is 30.1 Å². The minimum atomic E-state index is -0.0594. The molecule has 4 aromatic rings. The Kier molecular flexibility index (Phi) is 6.81. The number of pyridine rings is 1. The van der Waals surface area contributed by atoms with Gasteiger partial charge in [-0.15, -0.1) is 5.10 Å². The molecule has 0 spiro atoms. The average molecular weight is 475 g/mol. The Balaban J connectivity index is 1.54. The van der Waals surface area contributed by atoms with Crippen LogP contribution in [0, 0.1) is 13.8 Å². The maximum Gasteiger partial charge on any atom is 0.252 e. The number of aromatic nitrogens is 5. The van der Waals surface area contributed by atoms with Gasteiger partial charge in [0.15, 0.2) is 5.82 Å². The van der Waals surface area contributed by atoms with Crippen LogP contribution in [0.2, 0.25) is 0 Å². The van der Waals surface area contributed by atoms with Crippen LogP contribution in [0.15, 0.2) is 45.8 Å². The van der Waals surface area contributed by atoms with Crippen molar-refractivity contribution in [3.05, 3.63) is 75.2 Å². The Morgan fingerprint density at radius 2 is 1.97 bits per heavy atom. The van der Waals surface area contributed by atoms with E-state index < -0.39 is 0 Å². The second-order valence-electron chi connectivity index (χ2n) is 9.86. The lowest BCUT2D eigenvalue weighted by Crippen LogP contribution is -2.33. The lowest BCUT2D eigenvalue weighted by molar-refractivity contribution is 0.142. The second-order valence-corrected chi connectivity index (χ2v) is 9.86. The lowest BCUT2D eigenvalue weighted by atomic mass is 10.0. The van der Waals surface area contributed by atoms with Gasteiger partial charge in [-0.3, -0.25) is 9.69 Å². The minimum Gasteiger partial charge on any atom is -0.468 e. The van der Waals surface area contributed by atoms with Crippen molar-refractivity contribution in [2.24, 2.45) is 0 Å². The Morgan fingerprint density at radius 1 is 1.17 bits per heavy atom. The first kappa shape index (κ1) is 23.5. The van der Waals surface area contributed by atoms with Gasteiger partial charge in [0.25, 0.3) is 5.56 Å². The summed E-state index contributed by atoms with van der Waals surface area (Å²) in [7, 11) is 0. The Labute approximate surface area is 205 Å². The first-order valence-corrected chi connectivity index (χ1v) is 12.7. The molecule has 1 fully saturated rings. The molecule has 0 saturated heterocycles. The molecule has 0 aliphatic heterocycles. The molecule has 3 aromatic heterocycles. The SMILES string of the molecule is CCC[C@@H](c1nnnn1C1CCCC1)N(Cc1ccco1)Cc1cc2cc(C)c(C)cc2[nH]c1=O. The number of benzene rings is 1. The number of fused-ring (bicyclic) bond motifs is 1. The summed E-state index contributed by atoms with van der Waals surface area (Å²) in [6, 6.07) is 10.4. The van der Waals surface area contributed by atoms with E-state index in [-0.39, 0.29) is 11.6 Å². The van der Waals surface area contributed by atoms with Gasteiger partial charge in [0.05, 0.1) is 24.9 Å². The topological polar surface area (TPSA) is 92.8 Å². The van der Waals surface area contributed by atoms with Gasteiger partial charge in [-0.25, -0.2) is 4.68 Å². The number of tetrazole rings is 1. The first-order chi connectivity index (χ1) is 17.0. The fraction of sp³-hybridized carbons (Fsp3) is 0.481. The van der Waals surface area contributed by atoms with Crippen LogP contribution in [0.4, 0.5) is 0 Å². The van der Waals surface area contributed by atoms with E-state index in [0.717, 1.165) is 53.7 Å². The smallest absolute Gasteiger partial charge is 0.252 e. The van der Waals surface area contributed by atoms with Crippen molar-refractivity contribution in [1.29, 1.82) is 0 Å². The highest BCUT2D eigenvalue weighted by molar-refractivity contribution is 5.80. The summed E-state index contributed by atoms with van der Waals surface area (Å²) >= 11 is 0. The highest BCUT2D eigenvalue weighted by Crippen LogP contribution is 2.34. The highest BCUT2D eigenvalue weighted by atomic mass is 16.3. The number of H-pyrrole nitrogens is 1. The molecule has 1 aliphatic carbocycles. The predicted octanol–water partition coefficient (Wildman–Crippen LogP) is 5.38. The number of rotatable bonds is 9. The van der Waals surface area contributed by atoms with E-state index in [1.807, 2.05) is 28.9 Å². The van der Waals surface area contributed by atoms with Crippen LogP contribution in [0.3, 0.4) is 0 Å². The van der Waals surface area contributed by atoms with Crippen molar-refractivity contribution in [2.75, 3.05) is 0 Å². The molecule has 8 heteroatoms. The third-order valence-corrected chi connectivity index (χ3v) is 7.34. The number of nitrogens with one attached hydrogen (secondary N) is 1.